The minimum atomic E-state index is 0.445. The molecule has 1 saturated heterocycles. The van der Waals surface area contributed by atoms with E-state index in [1.54, 1.807) is 0 Å². The molecular weight excluding hydrogens is 226 g/mol. The van der Waals surface area contributed by atoms with Crippen molar-refractivity contribution in [2.75, 3.05) is 18.4 Å². The molecule has 4 nitrogen and oxygen atoms in total. The first-order valence-corrected chi connectivity index (χ1v) is 6.58. The minimum absolute atomic E-state index is 0.445. The van der Waals surface area contributed by atoms with Crippen molar-refractivity contribution in [3.05, 3.63) is 24.3 Å². The largest absolute Gasteiger partial charge is 0.424 e. The van der Waals surface area contributed by atoms with Crippen molar-refractivity contribution < 1.29 is 4.42 Å². The van der Waals surface area contributed by atoms with Gasteiger partial charge in [-0.05, 0) is 32.4 Å². The Morgan fingerprint density at radius 2 is 2.22 bits per heavy atom. The Balaban J connectivity index is 1.70. The summed E-state index contributed by atoms with van der Waals surface area (Å²) < 4.78 is 5.68. The van der Waals surface area contributed by atoms with Crippen molar-refractivity contribution in [1.29, 1.82) is 0 Å². The van der Waals surface area contributed by atoms with Gasteiger partial charge in [0.2, 0.25) is 0 Å². The fraction of sp³-hybridized carbons (Fsp3) is 0.500. The van der Waals surface area contributed by atoms with Crippen LogP contribution in [0.1, 0.15) is 20.3 Å². The molecule has 1 aromatic carbocycles. The van der Waals surface area contributed by atoms with Crippen LogP contribution in [0.5, 0.6) is 0 Å². The van der Waals surface area contributed by atoms with E-state index in [-0.39, 0.29) is 0 Å². The number of benzene rings is 1. The quantitative estimate of drug-likeness (QED) is 0.902. The van der Waals surface area contributed by atoms with Gasteiger partial charge in [-0.1, -0.05) is 12.1 Å². The van der Waals surface area contributed by atoms with Crippen LogP contribution in [-0.4, -0.2) is 35.1 Å². The highest BCUT2D eigenvalue weighted by molar-refractivity contribution is 5.74. The standard InChI is InChI=1S/C14H19N3O/c1-10(2)17-8-7-11(9-17)15-14-16-12-5-3-4-6-13(12)18-14/h3-6,10-11H,7-9H2,1-2H3,(H,15,16)/t11-/m0/s1. The number of nitrogens with zero attached hydrogens (tertiary/aromatic N) is 2. The van der Waals surface area contributed by atoms with E-state index in [0.29, 0.717) is 18.1 Å². The van der Waals surface area contributed by atoms with Gasteiger partial charge < -0.3 is 9.73 Å². The summed E-state index contributed by atoms with van der Waals surface area (Å²) in [5, 5.41) is 3.40. The van der Waals surface area contributed by atoms with Crippen molar-refractivity contribution in [1.82, 2.24) is 9.88 Å². The monoisotopic (exact) mass is 245 g/mol. The number of rotatable bonds is 3. The molecule has 0 bridgehead atoms. The molecule has 0 spiro atoms. The van der Waals surface area contributed by atoms with Gasteiger partial charge in [-0.3, -0.25) is 4.90 Å². The lowest BCUT2D eigenvalue weighted by Gasteiger charge is -2.20. The fourth-order valence-electron chi connectivity index (χ4n) is 2.48. The molecule has 96 valence electrons. The zero-order valence-corrected chi connectivity index (χ0v) is 10.9. The first kappa shape index (κ1) is 11.5. The molecule has 1 aliphatic heterocycles. The van der Waals surface area contributed by atoms with E-state index in [2.05, 4.69) is 29.0 Å². The molecule has 0 saturated carbocycles. The van der Waals surface area contributed by atoms with Crippen LogP contribution in [0.15, 0.2) is 28.7 Å². The maximum Gasteiger partial charge on any atom is 0.295 e. The van der Waals surface area contributed by atoms with Crippen LogP contribution in [0.2, 0.25) is 0 Å². The van der Waals surface area contributed by atoms with Gasteiger partial charge >= 0.3 is 0 Å². The highest BCUT2D eigenvalue weighted by Crippen LogP contribution is 2.21. The lowest BCUT2D eigenvalue weighted by molar-refractivity contribution is 0.274. The third-order valence-electron chi connectivity index (χ3n) is 3.57. The van der Waals surface area contributed by atoms with Crippen LogP contribution >= 0.6 is 0 Å². The summed E-state index contributed by atoms with van der Waals surface area (Å²) in [7, 11) is 0. The molecule has 1 aromatic heterocycles. The molecular formula is C14H19N3O. The second kappa shape index (κ2) is 4.61. The lowest BCUT2D eigenvalue weighted by Crippen LogP contribution is -2.31. The van der Waals surface area contributed by atoms with E-state index in [4.69, 9.17) is 4.42 Å². The van der Waals surface area contributed by atoms with Crippen molar-refractivity contribution in [3.63, 3.8) is 0 Å². The summed E-state index contributed by atoms with van der Waals surface area (Å²) >= 11 is 0. The third kappa shape index (κ3) is 2.20. The number of oxazole rings is 1. The van der Waals surface area contributed by atoms with E-state index in [1.807, 2.05) is 24.3 Å². The average molecular weight is 245 g/mol. The van der Waals surface area contributed by atoms with Crippen molar-refractivity contribution in [3.8, 4) is 0 Å². The molecule has 3 rings (SSSR count). The number of fused-ring (bicyclic) bond motifs is 1. The number of aromatic nitrogens is 1. The van der Waals surface area contributed by atoms with Crippen LogP contribution in [0.25, 0.3) is 11.1 Å². The second-order valence-electron chi connectivity index (χ2n) is 5.21. The Morgan fingerprint density at radius 3 is 2.94 bits per heavy atom. The molecule has 1 fully saturated rings. The molecule has 0 unspecified atom stereocenters. The van der Waals surface area contributed by atoms with Crippen molar-refractivity contribution in [2.45, 2.75) is 32.4 Å². The number of nitrogens with one attached hydrogen (secondary N) is 1. The van der Waals surface area contributed by atoms with Crippen LogP contribution < -0.4 is 5.32 Å². The van der Waals surface area contributed by atoms with Gasteiger partial charge in [-0.2, -0.15) is 4.98 Å². The van der Waals surface area contributed by atoms with E-state index in [0.717, 1.165) is 30.6 Å². The SMILES string of the molecule is CC(C)N1CC[C@H](Nc2nc3ccccc3o2)C1. The first-order valence-electron chi connectivity index (χ1n) is 6.58. The van der Waals surface area contributed by atoms with Gasteiger partial charge in [-0.25, -0.2) is 0 Å². The summed E-state index contributed by atoms with van der Waals surface area (Å²) in [5.74, 6) is 0. The smallest absolute Gasteiger partial charge is 0.295 e. The van der Waals surface area contributed by atoms with E-state index >= 15 is 0 Å². The summed E-state index contributed by atoms with van der Waals surface area (Å²) in [4.78, 5) is 6.92. The van der Waals surface area contributed by atoms with E-state index in [9.17, 15) is 0 Å². The third-order valence-corrected chi connectivity index (χ3v) is 3.57. The molecule has 0 radical (unpaired) electrons. The molecule has 0 amide bonds. The van der Waals surface area contributed by atoms with Gasteiger partial charge in [0.1, 0.15) is 5.52 Å². The highest BCUT2D eigenvalue weighted by Gasteiger charge is 2.25. The van der Waals surface area contributed by atoms with Gasteiger partial charge in [0.15, 0.2) is 5.58 Å². The van der Waals surface area contributed by atoms with Gasteiger partial charge in [0.05, 0.1) is 0 Å². The molecule has 18 heavy (non-hydrogen) atoms. The van der Waals surface area contributed by atoms with Crippen LogP contribution in [0.3, 0.4) is 0 Å². The second-order valence-corrected chi connectivity index (χ2v) is 5.21. The van der Waals surface area contributed by atoms with Crippen LogP contribution in [0, 0.1) is 0 Å². The van der Waals surface area contributed by atoms with Gasteiger partial charge in [0.25, 0.3) is 6.01 Å². The number of hydrogen-bond donors (Lipinski definition) is 1. The zero-order chi connectivity index (χ0) is 12.5. The Kier molecular flexibility index (Phi) is 2.96. The molecule has 1 atom stereocenters. The molecule has 1 N–H and O–H groups in total. The predicted octanol–water partition coefficient (Wildman–Crippen LogP) is 2.72. The lowest BCUT2D eigenvalue weighted by atomic mass is 10.3. The summed E-state index contributed by atoms with van der Waals surface area (Å²) in [6, 6.07) is 9.56. The number of likely N-dealkylation sites (tertiary alicyclic amines) is 1. The van der Waals surface area contributed by atoms with Gasteiger partial charge in [-0.15, -0.1) is 0 Å². The number of hydrogen-bond acceptors (Lipinski definition) is 4. The predicted molar refractivity (Wildman–Crippen MR) is 72.7 cm³/mol. The van der Waals surface area contributed by atoms with E-state index < -0.39 is 0 Å². The number of anilines is 1. The van der Waals surface area contributed by atoms with E-state index in [1.165, 1.54) is 0 Å². The van der Waals surface area contributed by atoms with Crippen molar-refractivity contribution in [2.24, 2.45) is 0 Å². The Bertz CT molecular complexity index is 502. The summed E-state index contributed by atoms with van der Waals surface area (Å²) in [6.07, 6.45) is 1.15. The summed E-state index contributed by atoms with van der Waals surface area (Å²) in [6.45, 7) is 6.69. The van der Waals surface area contributed by atoms with Crippen LogP contribution in [0.4, 0.5) is 6.01 Å². The molecule has 2 aromatic rings. The van der Waals surface area contributed by atoms with Crippen LogP contribution in [-0.2, 0) is 0 Å². The number of para-hydroxylation sites is 2. The van der Waals surface area contributed by atoms with Crippen molar-refractivity contribution >= 4 is 17.1 Å². The molecule has 4 heteroatoms. The molecule has 0 aliphatic carbocycles. The molecule has 1 aliphatic rings. The topological polar surface area (TPSA) is 41.3 Å². The Morgan fingerprint density at radius 1 is 1.39 bits per heavy atom. The van der Waals surface area contributed by atoms with Gasteiger partial charge in [0, 0.05) is 25.2 Å². The molecule has 2 heterocycles. The fourth-order valence-corrected chi connectivity index (χ4v) is 2.48. The first-order chi connectivity index (χ1) is 8.72. The average Bonchev–Trinajstić information content (AvgIpc) is 2.94. The maximum atomic E-state index is 5.68. The Labute approximate surface area is 107 Å². The zero-order valence-electron chi connectivity index (χ0n) is 10.9. The Hall–Kier alpha value is -1.55. The minimum Gasteiger partial charge on any atom is -0.424 e. The maximum absolute atomic E-state index is 5.68. The highest BCUT2D eigenvalue weighted by atomic mass is 16.4. The summed E-state index contributed by atoms with van der Waals surface area (Å²) in [5.41, 5.74) is 1.76. The normalized spacial score (nSPS) is 20.9.